The van der Waals surface area contributed by atoms with E-state index >= 15 is 0 Å². The topological polar surface area (TPSA) is 29.3 Å². The third-order valence-electron chi connectivity index (χ3n) is 3.47. The molecule has 1 saturated heterocycles. The van der Waals surface area contributed by atoms with E-state index in [1.807, 2.05) is 18.2 Å². The van der Waals surface area contributed by atoms with Crippen LogP contribution in [0.15, 0.2) is 30.3 Å². The van der Waals surface area contributed by atoms with Crippen LogP contribution in [0.1, 0.15) is 18.4 Å². The first-order chi connectivity index (χ1) is 8.10. The molecule has 1 aromatic rings. The lowest BCUT2D eigenvalue weighted by Crippen LogP contribution is -2.54. The molecule has 94 valence electrons. The second kappa shape index (κ2) is 5.10. The molecule has 0 bridgehead atoms. The number of nitrogens with zero attached hydrogens (tertiary/aromatic N) is 1. The summed E-state index contributed by atoms with van der Waals surface area (Å²) >= 11 is 0. The summed E-state index contributed by atoms with van der Waals surface area (Å²) in [6, 6.07) is 10.1. The van der Waals surface area contributed by atoms with Gasteiger partial charge in [-0.2, -0.15) is 0 Å². The van der Waals surface area contributed by atoms with Crippen molar-refractivity contribution in [2.24, 2.45) is 5.73 Å². The number of alkyl halides is 2. The van der Waals surface area contributed by atoms with Gasteiger partial charge >= 0.3 is 0 Å². The van der Waals surface area contributed by atoms with Crippen LogP contribution in [0.4, 0.5) is 8.78 Å². The van der Waals surface area contributed by atoms with Crippen molar-refractivity contribution < 1.29 is 8.78 Å². The average molecular weight is 240 g/mol. The fourth-order valence-electron chi connectivity index (χ4n) is 2.19. The van der Waals surface area contributed by atoms with Gasteiger partial charge in [-0.05, 0) is 18.4 Å². The Hall–Kier alpha value is -1.00. The number of hydrogen-bond acceptors (Lipinski definition) is 2. The van der Waals surface area contributed by atoms with Crippen LogP contribution < -0.4 is 5.73 Å². The van der Waals surface area contributed by atoms with Crippen molar-refractivity contribution in [3.05, 3.63) is 35.9 Å². The van der Waals surface area contributed by atoms with Gasteiger partial charge in [0.2, 0.25) is 0 Å². The zero-order valence-electron chi connectivity index (χ0n) is 9.78. The number of benzene rings is 1. The molecule has 2 N–H and O–H groups in total. The van der Waals surface area contributed by atoms with Gasteiger partial charge in [0.15, 0.2) is 0 Å². The number of halogens is 2. The van der Waals surface area contributed by atoms with E-state index in [0.717, 1.165) is 6.54 Å². The van der Waals surface area contributed by atoms with E-state index < -0.39 is 12.0 Å². The van der Waals surface area contributed by atoms with E-state index in [0.29, 0.717) is 25.9 Å². The van der Waals surface area contributed by atoms with E-state index in [4.69, 9.17) is 5.73 Å². The molecule has 0 radical (unpaired) electrons. The highest BCUT2D eigenvalue weighted by molar-refractivity contribution is 5.14. The normalized spacial score (nSPS) is 20.7. The smallest absolute Gasteiger partial charge is 0.256 e. The summed E-state index contributed by atoms with van der Waals surface area (Å²) in [5.74, 6) is 0. The Balaban J connectivity index is 1.88. The van der Waals surface area contributed by atoms with Crippen molar-refractivity contribution in [1.29, 1.82) is 0 Å². The molecule has 2 rings (SSSR count). The molecular formula is C13H18F2N2. The largest absolute Gasteiger partial charge is 0.320 e. The molecule has 1 aromatic carbocycles. The lowest BCUT2D eigenvalue weighted by atomic mass is 9.89. The highest BCUT2D eigenvalue weighted by Crippen LogP contribution is 2.26. The van der Waals surface area contributed by atoms with Gasteiger partial charge in [0.05, 0.1) is 5.54 Å². The first kappa shape index (κ1) is 12.5. The number of likely N-dealkylation sites (tertiary alicyclic amines) is 1. The molecule has 0 amide bonds. The molecule has 4 heteroatoms. The van der Waals surface area contributed by atoms with E-state index in [-0.39, 0.29) is 0 Å². The van der Waals surface area contributed by atoms with E-state index in [1.165, 1.54) is 5.56 Å². The second-order valence-electron chi connectivity index (χ2n) is 4.80. The minimum atomic E-state index is -2.42. The van der Waals surface area contributed by atoms with Crippen LogP contribution >= 0.6 is 0 Å². The molecule has 0 atom stereocenters. The number of hydrogen-bond donors (Lipinski definition) is 1. The van der Waals surface area contributed by atoms with Crippen molar-refractivity contribution in [3.8, 4) is 0 Å². The molecule has 0 aliphatic carbocycles. The summed E-state index contributed by atoms with van der Waals surface area (Å²) < 4.78 is 25.4. The summed E-state index contributed by atoms with van der Waals surface area (Å²) in [4.78, 5) is 2.18. The summed E-state index contributed by atoms with van der Waals surface area (Å²) in [6.07, 6.45) is -1.67. The minimum absolute atomic E-state index is 0.373. The van der Waals surface area contributed by atoms with Crippen LogP contribution in [0.5, 0.6) is 0 Å². The number of piperidine rings is 1. The average Bonchev–Trinajstić information content (AvgIpc) is 2.33. The lowest BCUT2D eigenvalue weighted by Gasteiger charge is -2.38. The standard InChI is InChI=1S/C13H18F2N2/c14-12(15)13(16)6-8-17(9-7-13)10-11-4-2-1-3-5-11/h1-5,12H,6-10,16H2. The molecule has 0 saturated carbocycles. The molecule has 1 aliphatic rings. The molecule has 0 aromatic heterocycles. The van der Waals surface area contributed by atoms with Gasteiger partial charge in [0.1, 0.15) is 0 Å². The van der Waals surface area contributed by atoms with Gasteiger partial charge in [-0.15, -0.1) is 0 Å². The van der Waals surface area contributed by atoms with Crippen molar-refractivity contribution in [3.63, 3.8) is 0 Å². The summed E-state index contributed by atoms with van der Waals surface area (Å²) in [6.45, 7) is 2.12. The third-order valence-corrected chi connectivity index (χ3v) is 3.47. The van der Waals surface area contributed by atoms with E-state index in [2.05, 4.69) is 17.0 Å². The monoisotopic (exact) mass is 240 g/mol. The van der Waals surface area contributed by atoms with Gasteiger partial charge in [0, 0.05) is 19.6 Å². The second-order valence-corrected chi connectivity index (χ2v) is 4.80. The first-order valence-corrected chi connectivity index (χ1v) is 5.93. The lowest BCUT2D eigenvalue weighted by molar-refractivity contribution is 0.0105. The minimum Gasteiger partial charge on any atom is -0.320 e. The van der Waals surface area contributed by atoms with Crippen LogP contribution in [-0.2, 0) is 6.54 Å². The fraction of sp³-hybridized carbons (Fsp3) is 0.538. The Kier molecular flexibility index (Phi) is 3.74. The SMILES string of the molecule is NC1(C(F)F)CCN(Cc2ccccc2)CC1. The zero-order chi connectivity index (χ0) is 12.3. The molecule has 2 nitrogen and oxygen atoms in total. The van der Waals surface area contributed by atoms with Gasteiger partial charge < -0.3 is 5.73 Å². The Labute approximate surface area is 100 Å². The Morgan fingerprint density at radius 3 is 2.29 bits per heavy atom. The Morgan fingerprint density at radius 2 is 1.76 bits per heavy atom. The third kappa shape index (κ3) is 3.01. The summed E-state index contributed by atoms with van der Waals surface area (Å²) in [5.41, 5.74) is 5.63. The first-order valence-electron chi connectivity index (χ1n) is 5.93. The van der Waals surface area contributed by atoms with Crippen molar-refractivity contribution in [1.82, 2.24) is 4.90 Å². The molecule has 0 spiro atoms. The summed E-state index contributed by atoms with van der Waals surface area (Å²) in [7, 11) is 0. The van der Waals surface area contributed by atoms with Gasteiger partial charge in [0.25, 0.3) is 6.43 Å². The van der Waals surface area contributed by atoms with Crippen molar-refractivity contribution >= 4 is 0 Å². The highest BCUT2D eigenvalue weighted by atomic mass is 19.3. The highest BCUT2D eigenvalue weighted by Gasteiger charge is 2.38. The molecule has 0 unspecified atom stereocenters. The van der Waals surface area contributed by atoms with Crippen LogP contribution in [0.3, 0.4) is 0 Å². The Morgan fingerprint density at radius 1 is 1.18 bits per heavy atom. The van der Waals surface area contributed by atoms with Crippen LogP contribution in [0.2, 0.25) is 0 Å². The summed E-state index contributed by atoms with van der Waals surface area (Å²) in [5, 5.41) is 0. The van der Waals surface area contributed by atoms with Gasteiger partial charge in [-0.3, -0.25) is 4.90 Å². The quantitative estimate of drug-likeness (QED) is 0.878. The maximum Gasteiger partial charge on any atom is 0.256 e. The Bertz CT molecular complexity index is 346. The van der Waals surface area contributed by atoms with Crippen LogP contribution in [-0.4, -0.2) is 30.0 Å². The van der Waals surface area contributed by atoms with Crippen LogP contribution in [0.25, 0.3) is 0 Å². The van der Waals surface area contributed by atoms with Crippen molar-refractivity contribution in [2.45, 2.75) is 31.4 Å². The number of rotatable bonds is 3. The molecule has 1 fully saturated rings. The van der Waals surface area contributed by atoms with Gasteiger partial charge in [-0.25, -0.2) is 8.78 Å². The number of nitrogens with two attached hydrogens (primary N) is 1. The fourth-order valence-corrected chi connectivity index (χ4v) is 2.19. The molecule has 1 aliphatic heterocycles. The van der Waals surface area contributed by atoms with E-state index in [1.54, 1.807) is 0 Å². The molecule has 1 heterocycles. The maximum atomic E-state index is 12.7. The van der Waals surface area contributed by atoms with Gasteiger partial charge in [-0.1, -0.05) is 30.3 Å². The van der Waals surface area contributed by atoms with E-state index in [9.17, 15) is 8.78 Å². The predicted octanol–water partition coefficient (Wildman–Crippen LogP) is 2.25. The predicted molar refractivity (Wildman–Crippen MR) is 63.9 cm³/mol. The molecular weight excluding hydrogens is 222 g/mol. The van der Waals surface area contributed by atoms with Crippen LogP contribution in [0, 0.1) is 0 Å². The zero-order valence-corrected chi connectivity index (χ0v) is 9.78. The maximum absolute atomic E-state index is 12.7. The van der Waals surface area contributed by atoms with Crippen molar-refractivity contribution in [2.75, 3.05) is 13.1 Å². The molecule has 17 heavy (non-hydrogen) atoms.